The normalized spacial score (nSPS) is 17.6. The number of aromatic nitrogens is 4. The van der Waals surface area contributed by atoms with Crippen molar-refractivity contribution in [1.29, 1.82) is 5.41 Å². The van der Waals surface area contributed by atoms with Crippen LogP contribution >= 0.6 is 12.1 Å². The van der Waals surface area contributed by atoms with Crippen LogP contribution in [0.5, 0.6) is 0 Å². The molecule has 0 bridgehead atoms. The molecule has 28 heavy (non-hydrogen) atoms. The number of hydrogen-bond acceptors (Lipinski definition) is 8. The van der Waals surface area contributed by atoms with E-state index in [1.165, 1.54) is 12.4 Å². The van der Waals surface area contributed by atoms with Gasteiger partial charge in [-0.15, -0.1) is 0 Å². The van der Waals surface area contributed by atoms with Gasteiger partial charge >= 0.3 is 0 Å². The molecule has 0 spiro atoms. The van der Waals surface area contributed by atoms with Crippen LogP contribution in [-0.4, -0.2) is 51.7 Å². The molecule has 0 aliphatic carbocycles. The molecule has 0 radical (unpaired) electrons. The van der Waals surface area contributed by atoms with Crippen molar-refractivity contribution < 1.29 is 8.78 Å². The Balaban J connectivity index is 1.70. The Morgan fingerprint density at radius 2 is 2.32 bits per heavy atom. The molecular formula is C17H22F2N8S. The minimum absolute atomic E-state index is 0.379. The molecule has 5 N–H and O–H groups in total. The summed E-state index contributed by atoms with van der Waals surface area (Å²) in [6.07, 6.45) is 4.88. The van der Waals surface area contributed by atoms with E-state index in [0.29, 0.717) is 23.1 Å². The second-order valence-corrected chi connectivity index (χ2v) is 6.98. The number of anilines is 1. The Morgan fingerprint density at radius 1 is 1.46 bits per heavy atom. The van der Waals surface area contributed by atoms with Crippen LogP contribution in [0.15, 0.2) is 24.7 Å². The van der Waals surface area contributed by atoms with Crippen molar-refractivity contribution in [3.8, 4) is 11.4 Å². The molecule has 8 nitrogen and oxygen atoms in total. The van der Waals surface area contributed by atoms with E-state index in [0.717, 1.165) is 56.5 Å². The van der Waals surface area contributed by atoms with Crippen LogP contribution in [0.25, 0.3) is 17.5 Å². The quantitative estimate of drug-likeness (QED) is 0.391. The number of halogens is 2. The van der Waals surface area contributed by atoms with Crippen LogP contribution in [0.3, 0.4) is 0 Å². The Kier molecular flexibility index (Phi) is 7.06. The molecule has 2 aromatic heterocycles. The summed E-state index contributed by atoms with van der Waals surface area (Å²) in [5, 5.41) is 12.6. The first-order valence-electron chi connectivity index (χ1n) is 8.82. The summed E-state index contributed by atoms with van der Waals surface area (Å²) in [6.45, 7) is 2.66. The number of alkyl halides is 2. The van der Waals surface area contributed by atoms with E-state index in [-0.39, 0.29) is 0 Å². The third-order valence-corrected chi connectivity index (χ3v) is 4.81. The van der Waals surface area contributed by atoms with Gasteiger partial charge in [0.15, 0.2) is 0 Å². The van der Waals surface area contributed by atoms with Gasteiger partial charge in [-0.25, -0.2) is 23.7 Å². The Labute approximate surface area is 165 Å². The van der Waals surface area contributed by atoms with Gasteiger partial charge in [-0.05, 0) is 30.9 Å². The van der Waals surface area contributed by atoms with Crippen LogP contribution in [0, 0.1) is 11.3 Å². The summed E-state index contributed by atoms with van der Waals surface area (Å²) >= 11 is 1.14. The Bertz CT molecular complexity index is 825. The fourth-order valence-electron chi connectivity index (χ4n) is 3.07. The lowest BCUT2D eigenvalue weighted by Crippen LogP contribution is -2.39. The molecule has 1 unspecified atom stereocenters. The number of H-pyrrole nitrogens is 1. The zero-order valence-electron chi connectivity index (χ0n) is 15.1. The standard InChI is InChI=1S/C17H22F2N8S/c18-17(19)12(20)3-4-15-22-8-14(26-15)13-6-16(24-10-23-13)27-5-1-2-11(9-27)7-25-28-21/h3-4,6,8,10-11,17,20,25H,1-2,5,7,9,21H2,(H,22,26)/b4-3-,20-12?. The lowest BCUT2D eigenvalue weighted by Gasteiger charge is -2.33. The van der Waals surface area contributed by atoms with Gasteiger partial charge in [-0.3, -0.25) is 15.3 Å². The fraction of sp³-hybridized carbons (Fsp3) is 0.412. The number of piperidine rings is 1. The topological polar surface area (TPSA) is 120 Å². The van der Waals surface area contributed by atoms with Crippen molar-refractivity contribution in [1.82, 2.24) is 24.7 Å². The van der Waals surface area contributed by atoms with Gasteiger partial charge in [0, 0.05) is 37.8 Å². The molecule has 1 atom stereocenters. The molecule has 2 aromatic rings. The molecule has 1 aliphatic rings. The number of aromatic amines is 1. The molecule has 1 saturated heterocycles. The van der Waals surface area contributed by atoms with E-state index in [4.69, 9.17) is 10.5 Å². The molecule has 1 fully saturated rings. The molecule has 150 valence electrons. The summed E-state index contributed by atoms with van der Waals surface area (Å²) in [6, 6.07) is 1.88. The monoisotopic (exact) mass is 408 g/mol. The van der Waals surface area contributed by atoms with Crippen molar-refractivity contribution in [3.63, 3.8) is 0 Å². The molecule has 0 amide bonds. The van der Waals surface area contributed by atoms with Crippen molar-refractivity contribution in [2.45, 2.75) is 19.3 Å². The zero-order chi connectivity index (χ0) is 19.9. The maximum Gasteiger partial charge on any atom is 0.279 e. The molecule has 0 saturated carbocycles. The second-order valence-electron chi connectivity index (χ2n) is 6.45. The van der Waals surface area contributed by atoms with E-state index in [2.05, 4.69) is 29.6 Å². The van der Waals surface area contributed by atoms with E-state index in [1.54, 1.807) is 6.20 Å². The molecule has 11 heteroatoms. The highest BCUT2D eigenvalue weighted by Gasteiger charge is 2.21. The molecule has 0 aromatic carbocycles. The first kappa shape index (κ1) is 20.4. The van der Waals surface area contributed by atoms with Crippen molar-refractivity contribution in [2.24, 2.45) is 11.1 Å². The highest BCUT2D eigenvalue weighted by atomic mass is 32.2. The molecule has 3 heterocycles. The number of rotatable bonds is 8. The predicted octanol–water partition coefficient (Wildman–Crippen LogP) is 2.49. The minimum atomic E-state index is -2.80. The van der Waals surface area contributed by atoms with Gasteiger partial charge in [0.1, 0.15) is 18.0 Å². The third kappa shape index (κ3) is 5.33. The lowest BCUT2D eigenvalue weighted by atomic mass is 9.98. The maximum atomic E-state index is 12.4. The highest BCUT2D eigenvalue weighted by Crippen LogP contribution is 2.24. The van der Waals surface area contributed by atoms with Crippen LogP contribution in [-0.2, 0) is 0 Å². The van der Waals surface area contributed by atoms with E-state index >= 15 is 0 Å². The molecule has 3 rings (SSSR count). The summed E-state index contributed by atoms with van der Waals surface area (Å²) in [5.41, 5.74) is 0.560. The van der Waals surface area contributed by atoms with Crippen molar-refractivity contribution in [3.05, 3.63) is 30.5 Å². The van der Waals surface area contributed by atoms with Crippen LogP contribution < -0.4 is 14.8 Å². The zero-order valence-corrected chi connectivity index (χ0v) is 15.9. The van der Waals surface area contributed by atoms with Gasteiger partial charge in [0.05, 0.1) is 23.3 Å². The van der Waals surface area contributed by atoms with Gasteiger partial charge in [0.25, 0.3) is 6.43 Å². The van der Waals surface area contributed by atoms with Crippen LogP contribution in [0.2, 0.25) is 0 Å². The summed E-state index contributed by atoms with van der Waals surface area (Å²) in [7, 11) is 0. The maximum absolute atomic E-state index is 12.4. The summed E-state index contributed by atoms with van der Waals surface area (Å²) in [4.78, 5) is 18.0. The predicted molar refractivity (Wildman–Crippen MR) is 107 cm³/mol. The van der Waals surface area contributed by atoms with Gasteiger partial charge in [-0.1, -0.05) is 0 Å². The van der Waals surface area contributed by atoms with Gasteiger partial charge in [0.2, 0.25) is 0 Å². The van der Waals surface area contributed by atoms with Crippen LogP contribution in [0.4, 0.5) is 14.6 Å². The number of nitrogens with one attached hydrogen (secondary N) is 3. The average Bonchev–Trinajstić information content (AvgIpc) is 3.20. The van der Waals surface area contributed by atoms with Crippen molar-refractivity contribution in [2.75, 3.05) is 24.5 Å². The van der Waals surface area contributed by atoms with Gasteiger partial charge in [-0.2, -0.15) is 0 Å². The van der Waals surface area contributed by atoms with Gasteiger partial charge < -0.3 is 9.88 Å². The second kappa shape index (κ2) is 9.71. The number of nitrogens with zero attached hydrogens (tertiary/aromatic N) is 4. The van der Waals surface area contributed by atoms with E-state index in [9.17, 15) is 8.78 Å². The Hall–Kier alpha value is -2.37. The molecule has 1 aliphatic heterocycles. The van der Waals surface area contributed by atoms with Crippen molar-refractivity contribution >= 4 is 29.7 Å². The average molecular weight is 408 g/mol. The highest BCUT2D eigenvalue weighted by molar-refractivity contribution is 7.95. The number of imidazole rings is 1. The SMILES string of the molecule is N=C(/C=C\c1ncc(-c2cc(N3CCCC(CNSN)C3)ncn2)[nH]1)C(F)F. The largest absolute Gasteiger partial charge is 0.356 e. The molecular weight excluding hydrogens is 386 g/mol. The number of hydrogen-bond donors (Lipinski definition) is 4. The Morgan fingerprint density at radius 3 is 3.11 bits per heavy atom. The fourth-order valence-corrected chi connectivity index (χ4v) is 3.40. The third-order valence-electron chi connectivity index (χ3n) is 4.48. The first-order chi connectivity index (χ1) is 13.6. The summed E-state index contributed by atoms with van der Waals surface area (Å²) in [5.74, 6) is 1.71. The summed E-state index contributed by atoms with van der Waals surface area (Å²) < 4.78 is 27.9. The number of allylic oxidation sites excluding steroid dienone is 1. The van der Waals surface area contributed by atoms with E-state index in [1.807, 2.05) is 6.07 Å². The lowest BCUT2D eigenvalue weighted by molar-refractivity contribution is 0.226. The number of nitrogens with two attached hydrogens (primary N) is 1. The smallest absolute Gasteiger partial charge is 0.279 e. The first-order valence-corrected chi connectivity index (χ1v) is 9.70. The van der Waals surface area contributed by atoms with Crippen LogP contribution in [0.1, 0.15) is 18.7 Å². The minimum Gasteiger partial charge on any atom is -0.356 e. The van der Waals surface area contributed by atoms with E-state index < -0.39 is 12.1 Å².